The van der Waals surface area contributed by atoms with Gasteiger partial charge in [-0.2, -0.15) is 0 Å². The van der Waals surface area contributed by atoms with Gasteiger partial charge in [0.05, 0.1) is 0 Å². The van der Waals surface area contributed by atoms with Crippen molar-refractivity contribution in [1.29, 1.82) is 0 Å². The third-order valence-electron chi connectivity index (χ3n) is 1.98. The molecule has 0 aromatic carbocycles. The van der Waals surface area contributed by atoms with Crippen molar-refractivity contribution in [3.8, 4) is 0 Å². The monoisotopic (exact) mass is 222 g/mol. The molecule has 0 fully saturated rings. The second-order valence-corrected chi connectivity index (χ2v) is 2.95. The zero-order chi connectivity index (χ0) is 12.1. The van der Waals surface area contributed by atoms with E-state index in [1.807, 2.05) is 0 Å². The largest absolute Gasteiger partial charge is 0.475 e. The number of hydrogen-bond donors (Lipinski definition) is 2. The molecule has 0 saturated heterocycles. The van der Waals surface area contributed by atoms with E-state index in [9.17, 15) is 14.4 Å². The number of anilines is 1. The van der Waals surface area contributed by atoms with Crippen molar-refractivity contribution in [1.82, 2.24) is 4.98 Å². The summed E-state index contributed by atoms with van der Waals surface area (Å²) in [5.41, 5.74) is 0.394. The third kappa shape index (κ3) is 2.41. The van der Waals surface area contributed by atoms with Gasteiger partial charge in [0.2, 0.25) is 6.41 Å². The Morgan fingerprint density at radius 2 is 2.19 bits per heavy atom. The Morgan fingerprint density at radius 3 is 2.69 bits per heavy atom. The van der Waals surface area contributed by atoms with Gasteiger partial charge >= 0.3 is 5.97 Å². The molecule has 0 atom stereocenters. The summed E-state index contributed by atoms with van der Waals surface area (Å²) in [6, 6.07) is 3.07. The van der Waals surface area contributed by atoms with E-state index in [0.717, 1.165) is 0 Å². The van der Waals surface area contributed by atoms with E-state index in [4.69, 9.17) is 5.11 Å². The average molecular weight is 222 g/mol. The summed E-state index contributed by atoms with van der Waals surface area (Å²) < 4.78 is 0. The summed E-state index contributed by atoms with van der Waals surface area (Å²) in [4.78, 5) is 35.8. The molecule has 0 aliphatic carbocycles. The normalized spacial score (nSPS) is 9.56. The Morgan fingerprint density at radius 1 is 1.50 bits per heavy atom. The molecule has 6 heteroatoms. The van der Waals surface area contributed by atoms with Gasteiger partial charge in [0.25, 0.3) is 5.78 Å². The number of rotatable bonds is 5. The molecular weight excluding hydrogens is 212 g/mol. The molecule has 1 heterocycles. The van der Waals surface area contributed by atoms with Gasteiger partial charge in [-0.1, -0.05) is 13.0 Å². The Hall–Kier alpha value is -2.24. The van der Waals surface area contributed by atoms with Crippen molar-refractivity contribution in [3.05, 3.63) is 23.4 Å². The molecule has 1 amide bonds. The van der Waals surface area contributed by atoms with Crippen molar-refractivity contribution < 1.29 is 19.5 Å². The van der Waals surface area contributed by atoms with E-state index in [1.54, 1.807) is 13.0 Å². The maximum atomic E-state index is 11.3. The number of aromatic nitrogens is 1. The van der Waals surface area contributed by atoms with Crippen LogP contribution in [-0.4, -0.2) is 28.3 Å². The highest BCUT2D eigenvalue weighted by molar-refractivity contribution is 6.39. The molecule has 0 radical (unpaired) electrons. The van der Waals surface area contributed by atoms with Crippen LogP contribution >= 0.6 is 0 Å². The number of carbonyl (C=O) groups excluding carboxylic acids is 2. The number of carboxylic acid groups (broad SMARTS) is 1. The zero-order valence-corrected chi connectivity index (χ0v) is 8.56. The van der Waals surface area contributed by atoms with Crippen molar-refractivity contribution >= 4 is 24.0 Å². The van der Waals surface area contributed by atoms with Crippen LogP contribution < -0.4 is 5.32 Å². The molecule has 0 aliphatic rings. The number of amides is 1. The number of aryl methyl sites for hydroxylation is 1. The molecule has 16 heavy (non-hydrogen) atoms. The van der Waals surface area contributed by atoms with Crippen molar-refractivity contribution in [3.63, 3.8) is 0 Å². The molecule has 0 unspecified atom stereocenters. The molecule has 0 bridgehead atoms. The number of Topliss-reactive ketones (excluding diaryl/α,β-unsaturated/α-hetero) is 1. The van der Waals surface area contributed by atoms with Crippen molar-refractivity contribution in [2.24, 2.45) is 0 Å². The average Bonchev–Trinajstić information content (AvgIpc) is 2.28. The Labute approximate surface area is 91.3 Å². The topological polar surface area (TPSA) is 96.4 Å². The highest BCUT2D eigenvalue weighted by Crippen LogP contribution is 2.12. The van der Waals surface area contributed by atoms with E-state index < -0.39 is 11.8 Å². The highest BCUT2D eigenvalue weighted by atomic mass is 16.4. The van der Waals surface area contributed by atoms with Crippen LogP contribution in [0.15, 0.2) is 12.1 Å². The summed E-state index contributed by atoms with van der Waals surface area (Å²) >= 11 is 0. The van der Waals surface area contributed by atoms with Crippen molar-refractivity contribution in [2.75, 3.05) is 5.32 Å². The molecule has 0 aliphatic heterocycles. The van der Waals surface area contributed by atoms with Crippen LogP contribution in [0.4, 0.5) is 5.82 Å². The van der Waals surface area contributed by atoms with Crippen LogP contribution in [0, 0.1) is 0 Å². The number of aliphatic carboxylic acids is 1. The lowest BCUT2D eigenvalue weighted by molar-refractivity contribution is -0.131. The van der Waals surface area contributed by atoms with E-state index >= 15 is 0 Å². The fraction of sp³-hybridized carbons (Fsp3) is 0.200. The smallest absolute Gasteiger partial charge is 0.378 e. The first kappa shape index (κ1) is 11.8. The maximum absolute atomic E-state index is 11.3. The predicted octanol–water partition coefficient (Wildman–Crippen LogP) is 0.480. The summed E-state index contributed by atoms with van der Waals surface area (Å²) in [5, 5.41) is 10.9. The number of carbonyl (C=O) groups is 3. The molecular formula is C10H10N2O4. The lowest BCUT2D eigenvalue weighted by atomic mass is 10.1. The van der Waals surface area contributed by atoms with Crippen LogP contribution in [-0.2, 0) is 16.0 Å². The molecule has 6 nitrogen and oxygen atoms in total. The summed E-state index contributed by atoms with van der Waals surface area (Å²) in [7, 11) is 0. The summed E-state index contributed by atoms with van der Waals surface area (Å²) in [6.45, 7) is 1.78. The number of ketones is 1. The summed E-state index contributed by atoms with van der Waals surface area (Å²) in [6.07, 6.45) is 0.895. The lowest BCUT2D eigenvalue weighted by Gasteiger charge is -2.05. The quantitative estimate of drug-likeness (QED) is 0.429. The van der Waals surface area contributed by atoms with Gasteiger partial charge in [0, 0.05) is 0 Å². The van der Waals surface area contributed by atoms with Crippen LogP contribution in [0.3, 0.4) is 0 Å². The lowest BCUT2D eigenvalue weighted by Crippen LogP contribution is -2.17. The number of nitrogens with one attached hydrogen (secondary N) is 1. The molecule has 1 aromatic rings. The number of nitrogens with zero attached hydrogens (tertiary/aromatic N) is 1. The standard InChI is InChI=1S/C10H10N2O4/c1-2-6-3-4-7(11-5-13)12-8(6)9(14)10(15)16/h3-5H,2H2,1H3,(H,15,16)(H,11,12,13). The SMILES string of the molecule is CCc1ccc(NC=O)nc1C(=O)C(=O)O. The van der Waals surface area contributed by atoms with Crippen molar-refractivity contribution in [2.45, 2.75) is 13.3 Å². The van der Waals surface area contributed by atoms with E-state index in [0.29, 0.717) is 18.4 Å². The van der Waals surface area contributed by atoms with Gasteiger partial charge in [-0.25, -0.2) is 9.78 Å². The number of pyridine rings is 1. The van der Waals surface area contributed by atoms with Crippen LogP contribution in [0.1, 0.15) is 23.0 Å². The predicted molar refractivity (Wildman–Crippen MR) is 55.3 cm³/mol. The first-order chi connectivity index (χ1) is 7.60. The van der Waals surface area contributed by atoms with Gasteiger partial charge < -0.3 is 10.4 Å². The molecule has 1 aromatic heterocycles. The third-order valence-corrected chi connectivity index (χ3v) is 1.98. The molecule has 84 valence electrons. The Kier molecular flexibility index (Phi) is 3.71. The van der Waals surface area contributed by atoms with Gasteiger partial charge in [0.1, 0.15) is 11.5 Å². The van der Waals surface area contributed by atoms with E-state index in [-0.39, 0.29) is 11.5 Å². The fourth-order valence-electron chi connectivity index (χ4n) is 1.21. The van der Waals surface area contributed by atoms with Gasteiger partial charge in [-0.05, 0) is 18.1 Å². The molecule has 0 saturated carbocycles. The minimum absolute atomic E-state index is 0.137. The van der Waals surface area contributed by atoms with Crippen LogP contribution in [0.2, 0.25) is 0 Å². The first-order valence-electron chi connectivity index (χ1n) is 4.57. The number of carboxylic acids is 1. The van der Waals surface area contributed by atoms with Gasteiger partial charge in [-0.3, -0.25) is 9.59 Å². The second kappa shape index (κ2) is 5.01. The van der Waals surface area contributed by atoms with Crippen LogP contribution in [0.5, 0.6) is 0 Å². The Bertz CT molecular complexity index is 442. The molecule has 0 spiro atoms. The van der Waals surface area contributed by atoms with Crippen LogP contribution in [0.25, 0.3) is 0 Å². The second-order valence-electron chi connectivity index (χ2n) is 2.95. The van der Waals surface area contributed by atoms with Gasteiger partial charge in [0.15, 0.2) is 0 Å². The van der Waals surface area contributed by atoms with E-state index in [1.165, 1.54) is 6.07 Å². The minimum Gasteiger partial charge on any atom is -0.475 e. The summed E-state index contributed by atoms with van der Waals surface area (Å²) in [5.74, 6) is -2.49. The molecule has 2 N–H and O–H groups in total. The minimum atomic E-state index is -1.56. The van der Waals surface area contributed by atoms with E-state index in [2.05, 4.69) is 10.3 Å². The zero-order valence-electron chi connectivity index (χ0n) is 8.56. The Balaban J connectivity index is 3.21. The molecule has 1 rings (SSSR count). The van der Waals surface area contributed by atoms with Gasteiger partial charge in [-0.15, -0.1) is 0 Å². The first-order valence-corrected chi connectivity index (χ1v) is 4.57. The number of hydrogen-bond acceptors (Lipinski definition) is 4. The highest BCUT2D eigenvalue weighted by Gasteiger charge is 2.20. The maximum Gasteiger partial charge on any atom is 0.378 e. The fourth-order valence-corrected chi connectivity index (χ4v) is 1.21.